The molecule has 1 aliphatic heterocycles. The quantitative estimate of drug-likeness (QED) is 0.809. The fraction of sp³-hybridized carbons (Fsp3) is 1.00. The summed E-state index contributed by atoms with van der Waals surface area (Å²) >= 11 is 0. The summed E-state index contributed by atoms with van der Waals surface area (Å²) in [4.78, 5) is 1.44. The van der Waals surface area contributed by atoms with Crippen LogP contribution in [0.2, 0.25) is 0 Å². The summed E-state index contributed by atoms with van der Waals surface area (Å²) in [5, 5.41) is 3.20. The lowest BCUT2D eigenvalue weighted by Crippen LogP contribution is -2.43. The monoisotopic (exact) mass is 290 g/mol. The largest absolute Gasteiger partial charge is 0.401 e. The summed E-state index contributed by atoms with van der Waals surface area (Å²) in [6.07, 6.45) is -3.22. The van der Waals surface area contributed by atoms with E-state index in [-0.39, 0.29) is 17.8 Å². The molecule has 1 saturated heterocycles. The summed E-state index contributed by atoms with van der Waals surface area (Å²) in [6, 6.07) is 0. The van der Waals surface area contributed by atoms with Gasteiger partial charge in [-0.1, -0.05) is 6.92 Å². The van der Waals surface area contributed by atoms with Gasteiger partial charge in [-0.05, 0) is 18.4 Å². The molecule has 0 aromatic heterocycles. The predicted molar refractivity (Wildman–Crippen MR) is 67.2 cm³/mol. The van der Waals surface area contributed by atoms with Gasteiger partial charge in [-0.3, -0.25) is 4.90 Å². The van der Waals surface area contributed by atoms with Gasteiger partial charge in [-0.2, -0.15) is 13.2 Å². The molecule has 0 aromatic rings. The van der Waals surface area contributed by atoms with Crippen molar-refractivity contribution in [1.82, 2.24) is 10.2 Å². The minimum atomic E-state index is -4.14. The Morgan fingerprint density at radius 1 is 1.39 bits per heavy atom. The molecule has 1 fully saturated rings. The number of alkyl halides is 3. The highest BCUT2D eigenvalue weighted by atomic mass is 35.5. The molecule has 0 amide bonds. The van der Waals surface area contributed by atoms with Crippen molar-refractivity contribution < 1.29 is 17.9 Å². The highest BCUT2D eigenvalue weighted by Gasteiger charge is 2.35. The van der Waals surface area contributed by atoms with E-state index in [0.29, 0.717) is 19.7 Å². The van der Waals surface area contributed by atoms with Crippen LogP contribution in [0.3, 0.4) is 0 Å². The number of rotatable bonds is 6. The van der Waals surface area contributed by atoms with Crippen molar-refractivity contribution in [2.24, 2.45) is 5.41 Å². The predicted octanol–water partition coefficient (Wildman–Crippen LogP) is 1.92. The van der Waals surface area contributed by atoms with Crippen LogP contribution in [-0.2, 0) is 4.74 Å². The molecule has 18 heavy (non-hydrogen) atoms. The molecule has 0 saturated carbocycles. The van der Waals surface area contributed by atoms with Gasteiger partial charge in [0.15, 0.2) is 0 Å². The van der Waals surface area contributed by atoms with E-state index in [1.54, 1.807) is 0 Å². The number of ether oxygens (including phenoxy) is 1. The maximum Gasteiger partial charge on any atom is 0.401 e. The Morgan fingerprint density at radius 2 is 2.06 bits per heavy atom. The smallest absolute Gasteiger partial charge is 0.383 e. The molecule has 0 radical (unpaired) electrons. The molecule has 1 N–H and O–H groups in total. The van der Waals surface area contributed by atoms with Crippen molar-refractivity contribution in [3.05, 3.63) is 0 Å². The van der Waals surface area contributed by atoms with E-state index in [0.717, 1.165) is 19.5 Å². The Balaban J connectivity index is 0.00000289. The van der Waals surface area contributed by atoms with E-state index < -0.39 is 12.7 Å². The minimum absolute atomic E-state index is 0. The van der Waals surface area contributed by atoms with E-state index in [2.05, 4.69) is 5.32 Å². The third kappa shape index (κ3) is 6.78. The second-order valence-electron chi connectivity index (χ2n) is 5.06. The number of hydrogen-bond acceptors (Lipinski definition) is 3. The van der Waals surface area contributed by atoms with Gasteiger partial charge in [-0.25, -0.2) is 0 Å². The Hall–Kier alpha value is -0.0400. The van der Waals surface area contributed by atoms with Crippen LogP contribution in [0.1, 0.15) is 13.3 Å². The molecule has 110 valence electrons. The van der Waals surface area contributed by atoms with Gasteiger partial charge in [0.2, 0.25) is 0 Å². The van der Waals surface area contributed by atoms with Gasteiger partial charge < -0.3 is 10.1 Å². The normalized spacial score (nSPS) is 24.3. The number of hydrogen-bond donors (Lipinski definition) is 1. The molecule has 0 bridgehead atoms. The standard InChI is InChI=1S/C11H21F3N2O.ClH/c1-10(3-4-15-7-10)8-16(5-6-17-2)9-11(12,13)14;/h15H,3-9H2,1-2H3;1H. The molecule has 1 heterocycles. The van der Waals surface area contributed by atoms with Crippen molar-refractivity contribution in [2.45, 2.75) is 19.5 Å². The first kappa shape index (κ1) is 18.0. The highest BCUT2D eigenvalue weighted by molar-refractivity contribution is 5.85. The van der Waals surface area contributed by atoms with E-state index in [1.165, 1.54) is 12.0 Å². The van der Waals surface area contributed by atoms with Gasteiger partial charge in [0.1, 0.15) is 0 Å². The molecule has 1 atom stereocenters. The molecule has 7 heteroatoms. The zero-order valence-electron chi connectivity index (χ0n) is 10.8. The van der Waals surface area contributed by atoms with E-state index in [4.69, 9.17) is 4.74 Å². The van der Waals surface area contributed by atoms with E-state index in [1.807, 2.05) is 6.92 Å². The zero-order chi connectivity index (χ0) is 12.9. The van der Waals surface area contributed by atoms with Crippen LogP contribution in [0.15, 0.2) is 0 Å². The van der Waals surface area contributed by atoms with Gasteiger partial charge in [0.05, 0.1) is 13.2 Å². The number of methoxy groups -OCH3 is 1. The van der Waals surface area contributed by atoms with Crippen LogP contribution in [-0.4, -0.2) is 57.5 Å². The van der Waals surface area contributed by atoms with E-state index in [9.17, 15) is 13.2 Å². The lowest BCUT2D eigenvalue weighted by Gasteiger charge is -2.32. The first-order chi connectivity index (χ1) is 7.85. The zero-order valence-corrected chi connectivity index (χ0v) is 11.7. The third-order valence-corrected chi connectivity index (χ3v) is 3.08. The Bertz CT molecular complexity index is 233. The van der Waals surface area contributed by atoms with Crippen LogP contribution in [0.25, 0.3) is 0 Å². The van der Waals surface area contributed by atoms with Crippen LogP contribution in [0.5, 0.6) is 0 Å². The average molecular weight is 291 g/mol. The lowest BCUT2D eigenvalue weighted by atomic mass is 9.89. The maximum atomic E-state index is 12.4. The summed E-state index contributed by atoms with van der Waals surface area (Å²) in [6.45, 7) is 3.97. The van der Waals surface area contributed by atoms with Gasteiger partial charge in [-0.15, -0.1) is 12.4 Å². The molecular formula is C11H22ClF3N2O. The van der Waals surface area contributed by atoms with Crippen molar-refractivity contribution in [2.75, 3.05) is 46.4 Å². The number of nitrogens with zero attached hydrogens (tertiary/aromatic N) is 1. The SMILES string of the molecule is COCCN(CC(F)(F)F)CC1(C)CCNC1.Cl. The first-order valence-corrected chi connectivity index (χ1v) is 5.83. The van der Waals surface area contributed by atoms with Crippen molar-refractivity contribution in [3.63, 3.8) is 0 Å². The summed E-state index contributed by atoms with van der Waals surface area (Å²) < 4.78 is 42.2. The van der Waals surface area contributed by atoms with Gasteiger partial charge >= 0.3 is 6.18 Å². The van der Waals surface area contributed by atoms with E-state index >= 15 is 0 Å². The van der Waals surface area contributed by atoms with Crippen LogP contribution < -0.4 is 5.32 Å². The first-order valence-electron chi connectivity index (χ1n) is 5.83. The minimum Gasteiger partial charge on any atom is -0.383 e. The third-order valence-electron chi connectivity index (χ3n) is 3.08. The van der Waals surface area contributed by atoms with Crippen LogP contribution in [0.4, 0.5) is 13.2 Å². The molecular weight excluding hydrogens is 269 g/mol. The highest BCUT2D eigenvalue weighted by Crippen LogP contribution is 2.27. The molecule has 1 aliphatic rings. The second kappa shape index (κ2) is 7.53. The summed E-state index contributed by atoms with van der Waals surface area (Å²) in [7, 11) is 1.50. The van der Waals surface area contributed by atoms with Gasteiger partial charge in [0.25, 0.3) is 0 Å². The summed E-state index contributed by atoms with van der Waals surface area (Å²) in [5.41, 5.74) is -0.0566. The summed E-state index contributed by atoms with van der Waals surface area (Å²) in [5.74, 6) is 0. The lowest BCUT2D eigenvalue weighted by molar-refractivity contribution is -0.149. The fourth-order valence-electron chi connectivity index (χ4n) is 2.23. The Morgan fingerprint density at radius 3 is 2.50 bits per heavy atom. The van der Waals surface area contributed by atoms with Crippen molar-refractivity contribution in [3.8, 4) is 0 Å². The molecule has 1 rings (SSSR count). The second-order valence-corrected chi connectivity index (χ2v) is 5.06. The van der Waals surface area contributed by atoms with Crippen LogP contribution in [0, 0.1) is 5.41 Å². The van der Waals surface area contributed by atoms with Crippen molar-refractivity contribution in [1.29, 1.82) is 0 Å². The van der Waals surface area contributed by atoms with Gasteiger partial charge in [0, 0.05) is 26.7 Å². The molecule has 3 nitrogen and oxygen atoms in total. The fourth-order valence-corrected chi connectivity index (χ4v) is 2.23. The van der Waals surface area contributed by atoms with Crippen molar-refractivity contribution >= 4 is 12.4 Å². The van der Waals surface area contributed by atoms with Crippen LogP contribution >= 0.6 is 12.4 Å². The molecule has 0 spiro atoms. The molecule has 1 unspecified atom stereocenters. The average Bonchev–Trinajstić information content (AvgIpc) is 2.59. The molecule has 0 aromatic carbocycles. The number of nitrogens with one attached hydrogen (secondary N) is 1. The number of halogens is 4. The molecule has 0 aliphatic carbocycles. The topological polar surface area (TPSA) is 24.5 Å². The Labute approximate surface area is 112 Å². The Kier molecular flexibility index (Phi) is 7.51. The maximum absolute atomic E-state index is 12.4.